The van der Waals surface area contributed by atoms with Crippen LogP contribution in [0.25, 0.3) is 0 Å². The molecule has 0 radical (unpaired) electrons. The number of hydrogen-bond donors (Lipinski definition) is 1. The van der Waals surface area contributed by atoms with Crippen LogP contribution in [0.3, 0.4) is 0 Å². The lowest BCUT2D eigenvalue weighted by Gasteiger charge is -2.15. The standard InChI is InChI=1S/C15H27N3S/c1-5-7-16-9-14-13(6-2)17-15(19-14)18(4)10-12-8-11(12)3/h11-12,16H,5-10H2,1-4H3. The van der Waals surface area contributed by atoms with Crippen LogP contribution in [0.2, 0.25) is 0 Å². The molecule has 0 bridgehead atoms. The van der Waals surface area contributed by atoms with Crippen molar-refractivity contribution in [3.8, 4) is 0 Å². The summed E-state index contributed by atoms with van der Waals surface area (Å²) in [6, 6.07) is 0. The van der Waals surface area contributed by atoms with Gasteiger partial charge in [0.05, 0.1) is 5.69 Å². The van der Waals surface area contributed by atoms with E-state index < -0.39 is 0 Å². The Morgan fingerprint density at radius 2 is 2.16 bits per heavy atom. The van der Waals surface area contributed by atoms with Gasteiger partial charge < -0.3 is 10.2 Å². The van der Waals surface area contributed by atoms with Crippen molar-refractivity contribution in [1.29, 1.82) is 0 Å². The molecule has 0 saturated heterocycles. The Morgan fingerprint density at radius 3 is 2.74 bits per heavy atom. The number of anilines is 1. The zero-order valence-electron chi connectivity index (χ0n) is 12.7. The van der Waals surface area contributed by atoms with Crippen molar-refractivity contribution in [2.45, 2.75) is 46.6 Å². The second kappa shape index (κ2) is 6.71. The molecule has 108 valence electrons. The molecule has 2 unspecified atom stereocenters. The number of aryl methyl sites for hydroxylation is 1. The van der Waals surface area contributed by atoms with Gasteiger partial charge in [-0.3, -0.25) is 0 Å². The van der Waals surface area contributed by atoms with Crippen molar-refractivity contribution < 1.29 is 0 Å². The number of rotatable bonds is 8. The van der Waals surface area contributed by atoms with Crippen LogP contribution in [-0.2, 0) is 13.0 Å². The van der Waals surface area contributed by atoms with E-state index in [1.807, 2.05) is 11.3 Å². The van der Waals surface area contributed by atoms with E-state index in [-0.39, 0.29) is 0 Å². The number of hydrogen-bond acceptors (Lipinski definition) is 4. The topological polar surface area (TPSA) is 28.2 Å². The Bertz CT molecular complexity index is 402. The highest BCUT2D eigenvalue weighted by Gasteiger charge is 2.33. The van der Waals surface area contributed by atoms with Gasteiger partial charge in [-0.05, 0) is 37.6 Å². The summed E-state index contributed by atoms with van der Waals surface area (Å²) >= 11 is 1.87. The second-order valence-electron chi connectivity index (χ2n) is 5.75. The molecule has 1 aliphatic rings. The summed E-state index contributed by atoms with van der Waals surface area (Å²) in [7, 11) is 2.19. The molecule has 19 heavy (non-hydrogen) atoms. The van der Waals surface area contributed by atoms with Gasteiger partial charge in [0.15, 0.2) is 5.13 Å². The van der Waals surface area contributed by atoms with Crippen molar-refractivity contribution in [3.63, 3.8) is 0 Å². The molecule has 0 spiro atoms. The highest BCUT2D eigenvalue weighted by atomic mass is 32.1. The maximum Gasteiger partial charge on any atom is 0.185 e. The fourth-order valence-corrected chi connectivity index (χ4v) is 3.50. The zero-order valence-corrected chi connectivity index (χ0v) is 13.5. The normalized spacial score (nSPS) is 21.7. The van der Waals surface area contributed by atoms with Gasteiger partial charge >= 0.3 is 0 Å². The first-order chi connectivity index (χ1) is 9.15. The predicted octanol–water partition coefficient (Wildman–Crippen LogP) is 3.30. The molecular formula is C15H27N3S. The van der Waals surface area contributed by atoms with Crippen LogP contribution in [0.1, 0.15) is 44.2 Å². The van der Waals surface area contributed by atoms with Crippen LogP contribution >= 0.6 is 11.3 Å². The largest absolute Gasteiger partial charge is 0.351 e. The molecule has 1 N–H and O–H groups in total. The SMILES string of the molecule is CCCNCc1sc(N(C)CC2CC2C)nc1CC. The summed E-state index contributed by atoms with van der Waals surface area (Å²) in [5.41, 5.74) is 1.28. The average Bonchev–Trinajstić information content (AvgIpc) is 2.93. The molecule has 1 aromatic heterocycles. The minimum Gasteiger partial charge on any atom is -0.351 e. The molecule has 0 aliphatic heterocycles. The molecular weight excluding hydrogens is 254 g/mol. The molecule has 1 heterocycles. The van der Waals surface area contributed by atoms with Gasteiger partial charge in [0.1, 0.15) is 0 Å². The van der Waals surface area contributed by atoms with Gasteiger partial charge in [-0.15, -0.1) is 11.3 Å². The Morgan fingerprint density at radius 1 is 1.42 bits per heavy atom. The van der Waals surface area contributed by atoms with Gasteiger partial charge in [-0.2, -0.15) is 0 Å². The van der Waals surface area contributed by atoms with Crippen molar-refractivity contribution >= 4 is 16.5 Å². The molecule has 1 fully saturated rings. The number of nitrogens with one attached hydrogen (secondary N) is 1. The Balaban J connectivity index is 1.96. The van der Waals surface area contributed by atoms with Crippen molar-refractivity contribution in [1.82, 2.24) is 10.3 Å². The molecule has 1 saturated carbocycles. The van der Waals surface area contributed by atoms with E-state index in [9.17, 15) is 0 Å². The predicted molar refractivity (Wildman–Crippen MR) is 84.0 cm³/mol. The third-order valence-corrected chi connectivity index (χ3v) is 5.14. The lowest BCUT2D eigenvalue weighted by Crippen LogP contribution is -2.20. The van der Waals surface area contributed by atoms with E-state index in [1.54, 1.807) is 0 Å². The van der Waals surface area contributed by atoms with Crippen LogP contribution in [0, 0.1) is 11.8 Å². The van der Waals surface area contributed by atoms with Gasteiger partial charge in [-0.1, -0.05) is 20.8 Å². The minimum absolute atomic E-state index is 0.889. The highest BCUT2D eigenvalue weighted by molar-refractivity contribution is 7.15. The molecule has 0 amide bonds. The summed E-state index contributed by atoms with van der Waals surface area (Å²) in [4.78, 5) is 8.58. The molecule has 0 aromatic carbocycles. The van der Waals surface area contributed by atoms with E-state index in [1.165, 1.54) is 35.1 Å². The van der Waals surface area contributed by atoms with E-state index >= 15 is 0 Å². The van der Waals surface area contributed by atoms with Crippen molar-refractivity contribution in [2.75, 3.05) is 25.0 Å². The molecule has 2 rings (SSSR count). The van der Waals surface area contributed by atoms with E-state index in [0.717, 1.165) is 31.3 Å². The van der Waals surface area contributed by atoms with E-state index in [4.69, 9.17) is 4.98 Å². The van der Waals surface area contributed by atoms with Crippen molar-refractivity contribution in [2.24, 2.45) is 11.8 Å². The smallest absolute Gasteiger partial charge is 0.185 e. The zero-order chi connectivity index (χ0) is 13.8. The van der Waals surface area contributed by atoms with Gasteiger partial charge in [0, 0.05) is 25.0 Å². The first kappa shape index (κ1) is 14.8. The lowest BCUT2D eigenvalue weighted by molar-refractivity contribution is 0.676. The number of nitrogens with zero attached hydrogens (tertiary/aromatic N) is 2. The fraction of sp³-hybridized carbons (Fsp3) is 0.800. The highest BCUT2D eigenvalue weighted by Crippen LogP contribution is 2.39. The molecule has 4 heteroatoms. The molecule has 1 aliphatic carbocycles. The second-order valence-corrected chi connectivity index (χ2v) is 6.81. The quantitative estimate of drug-likeness (QED) is 0.741. The summed E-state index contributed by atoms with van der Waals surface area (Å²) < 4.78 is 0. The number of aromatic nitrogens is 1. The molecule has 3 nitrogen and oxygen atoms in total. The van der Waals surface area contributed by atoms with Gasteiger partial charge in [0.2, 0.25) is 0 Å². The third-order valence-electron chi connectivity index (χ3n) is 3.93. The monoisotopic (exact) mass is 281 g/mol. The van der Waals surface area contributed by atoms with Gasteiger partial charge in [-0.25, -0.2) is 4.98 Å². The van der Waals surface area contributed by atoms with E-state index in [0.29, 0.717) is 0 Å². The average molecular weight is 281 g/mol. The van der Waals surface area contributed by atoms with Crippen LogP contribution in [0.5, 0.6) is 0 Å². The Hall–Kier alpha value is -0.610. The number of thiazole rings is 1. The fourth-order valence-electron chi connectivity index (χ4n) is 2.41. The molecule has 2 atom stereocenters. The minimum atomic E-state index is 0.889. The van der Waals surface area contributed by atoms with Crippen molar-refractivity contribution in [3.05, 3.63) is 10.6 Å². The summed E-state index contributed by atoms with van der Waals surface area (Å²) in [5.74, 6) is 1.80. The first-order valence-electron chi connectivity index (χ1n) is 7.56. The summed E-state index contributed by atoms with van der Waals surface area (Å²) in [6.07, 6.45) is 3.61. The maximum absolute atomic E-state index is 4.82. The summed E-state index contributed by atoms with van der Waals surface area (Å²) in [6.45, 7) is 9.98. The third kappa shape index (κ3) is 3.93. The van der Waals surface area contributed by atoms with E-state index in [2.05, 4.69) is 38.0 Å². The Labute approximate surface area is 121 Å². The molecule has 1 aromatic rings. The summed E-state index contributed by atoms with van der Waals surface area (Å²) in [5, 5.41) is 4.69. The van der Waals surface area contributed by atoms with Crippen LogP contribution in [0.15, 0.2) is 0 Å². The van der Waals surface area contributed by atoms with Crippen LogP contribution < -0.4 is 10.2 Å². The van der Waals surface area contributed by atoms with Crippen LogP contribution in [0.4, 0.5) is 5.13 Å². The maximum atomic E-state index is 4.82. The Kier molecular flexibility index (Phi) is 5.22. The first-order valence-corrected chi connectivity index (χ1v) is 8.37. The van der Waals surface area contributed by atoms with Gasteiger partial charge in [0.25, 0.3) is 0 Å². The van der Waals surface area contributed by atoms with Crippen LogP contribution in [-0.4, -0.2) is 25.1 Å². The lowest BCUT2D eigenvalue weighted by atomic mass is 10.3.